The van der Waals surface area contributed by atoms with Crippen molar-refractivity contribution in [1.29, 1.82) is 0 Å². The number of benzene rings is 2. The van der Waals surface area contributed by atoms with Crippen LogP contribution in [0.15, 0.2) is 73.3 Å². The molecule has 0 saturated heterocycles. The summed E-state index contributed by atoms with van der Waals surface area (Å²) in [6.07, 6.45) is 5.82. The van der Waals surface area contributed by atoms with Gasteiger partial charge in [0.1, 0.15) is 23.7 Å². The number of ether oxygens (including phenoxy) is 1. The molecule has 0 saturated carbocycles. The molecule has 2 heterocycles. The zero-order valence-electron chi connectivity index (χ0n) is 17.2. The maximum atomic E-state index is 12.3. The molecule has 0 aliphatic rings. The number of aromatic nitrogens is 4. The first-order valence-electron chi connectivity index (χ1n) is 9.88. The van der Waals surface area contributed by atoms with E-state index in [2.05, 4.69) is 25.6 Å². The normalized spacial score (nSPS) is 10.5. The molecule has 31 heavy (non-hydrogen) atoms. The number of rotatable bonds is 6. The average molecular weight is 414 g/mol. The van der Waals surface area contributed by atoms with E-state index in [9.17, 15) is 4.79 Å². The van der Waals surface area contributed by atoms with Gasteiger partial charge in [-0.1, -0.05) is 25.1 Å². The molecule has 0 atom stereocenters. The Hall–Kier alpha value is -4.20. The van der Waals surface area contributed by atoms with Gasteiger partial charge in [-0.25, -0.2) is 19.7 Å². The molecule has 8 nitrogen and oxygen atoms in total. The van der Waals surface area contributed by atoms with E-state index in [1.165, 1.54) is 6.33 Å². The van der Waals surface area contributed by atoms with E-state index in [0.29, 0.717) is 23.1 Å². The van der Waals surface area contributed by atoms with Gasteiger partial charge in [0.25, 0.3) is 0 Å². The van der Waals surface area contributed by atoms with Gasteiger partial charge >= 0.3 is 6.03 Å². The zero-order valence-corrected chi connectivity index (χ0v) is 17.2. The standard InChI is InChI=1S/C23H22N6O2/c1-3-17-6-4-5-7-20(17)28-23(30)27-18-8-10-19(11-9-18)31-22-14-21(25-15-26-22)29-13-12-24-16(29)2/h4-15H,3H2,1-2H3,(H2,27,28,30). The van der Waals surface area contributed by atoms with E-state index in [1.807, 2.05) is 48.9 Å². The number of para-hydroxylation sites is 1. The van der Waals surface area contributed by atoms with Crippen LogP contribution >= 0.6 is 0 Å². The lowest BCUT2D eigenvalue weighted by molar-refractivity contribution is 0.262. The van der Waals surface area contributed by atoms with Crippen LogP contribution in [0.2, 0.25) is 0 Å². The molecule has 4 aromatic rings. The lowest BCUT2D eigenvalue weighted by atomic mass is 10.1. The second-order valence-electron chi connectivity index (χ2n) is 6.78. The largest absolute Gasteiger partial charge is 0.439 e. The number of amides is 2. The van der Waals surface area contributed by atoms with E-state index in [-0.39, 0.29) is 6.03 Å². The van der Waals surface area contributed by atoms with Crippen LogP contribution in [0.4, 0.5) is 16.2 Å². The van der Waals surface area contributed by atoms with Gasteiger partial charge in [-0.15, -0.1) is 0 Å². The molecule has 0 bridgehead atoms. The molecule has 2 amide bonds. The highest BCUT2D eigenvalue weighted by atomic mass is 16.5. The first-order chi connectivity index (χ1) is 15.1. The van der Waals surface area contributed by atoms with E-state index in [4.69, 9.17) is 4.74 Å². The summed E-state index contributed by atoms with van der Waals surface area (Å²) in [5.41, 5.74) is 2.53. The fourth-order valence-electron chi connectivity index (χ4n) is 3.10. The van der Waals surface area contributed by atoms with Crippen LogP contribution < -0.4 is 15.4 Å². The molecule has 0 fully saturated rings. The van der Waals surface area contributed by atoms with Crippen LogP contribution in [0.3, 0.4) is 0 Å². The highest BCUT2D eigenvalue weighted by molar-refractivity contribution is 6.00. The third-order valence-electron chi connectivity index (χ3n) is 4.68. The van der Waals surface area contributed by atoms with E-state index in [1.54, 1.807) is 36.5 Å². The number of hydrogen-bond donors (Lipinski definition) is 2. The summed E-state index contributed by atoms with van der Waals surface area (Å²) in [7, 11) is 0. The first kappa shape index (κ1) is 20.1. The molecule has 0 unspecified atom stereocenters. The Morgan fingerprint density at radius 1 is 1.03 bits per heavy atom. The lowest BCUT2D eigenvalue weighted by Crippen LogP contribution is -2.20. The zero-order chi connectivity index (χ0) is 21.6. The molecule has 8 heteroatoms. The van der Waals surface area contributed by atoms with Gasteiger partial charge < -0.3 is 15.4 Å². The van der Waals surface area contributed by atoms with Gasteiger partial charge in [0, 0.05) is 29.8 Å². The highest BCUT2D eigenvalue weighted by Gasteiger charge is 2.08. The van der Waals surface area contributed by atoms with Gasteiger partial charge in [0.2, 0.25) is 5.88 Å². The maximum absolute atomic E-state index is 12.3. The smallest absolute Gasteiger partial charge is 0.323 e. The van der Waals surface area contributed by atoms with Crippen LogP contribution in [-0.4, -0.2) is 25.6 Å². The number of urea groups is 1. The molecule has 0 aliphatic carbocycles. The third-order valence-corrected chi connectivity index (χ3v) is 4.68. The number of nitrogens with zero attached hydrogens (tertiary/aromatic N) is 4. The van der Waals surface area contributed by atoms with Crippen LogP contribution in [0.1, 0.15) is 18.3 Å². The Balaban J connectivity index is 1.40. The number of hydrogen-bond acceptors (Lipinski definition) is 5. The molecular formula is C23H22N6O2. The monoisotopic (exact) mass is 414 g/mol. The van der Waals surface area contributed by atoms with Gasteiger partial charge in [-0.2, -0.15) is 0 Å². The Labute approximate surface area is 180 Å². The van der Waals surface area contributed by atoms with Gasteiger partial charge in [-0.3, -0.25) is 4.57 Å². The number of aryl methyl sites for hydroxylation is 2. The fraction of sp³-hybridized carbons (Fsp3) is 0.130. The number of carbonyl (C=O) groups is 1. The van der Waals surface area contributed by atoms with Crippen molar-refractivity contribution < 1.29 is 9.53 Å². The van der Waals surface area contributed by atoms with Crippen molar-refractivity contribution in [2.45, 2.75) is 20.3 Å². The molecule has 4 rings (SSSR count). The van der Waals surface area contributed by atoms with Crippen LogP contribution in [-0.2, 0) is 6.42 Å². The first-order valence-corrected chi connectivity index (χ1v) is 9.88. The van der Waals surface area contributed by atoms with Gasteiger partial charge in [-0.05, 0) is 49.2 Å². The quantitative estimate of drug-likeness (QED) is 0.465. The van der Waals surface area contributed by atoms with Crippen molar-refractivity contribution in [3.63, 3.8) is 0 Å². The van der Waals surface area contributed by atoms with Gasteiger partial charge in [0.15, 0.2) is 0 Å². The minimum Gasteiger partial charge on any atom is -0.439 e. The summed E-state index contributed by atoms with van der Waals surface area (Å²) in [5, 5.41) is 5.71. The summed E-state index contributed by atoms with van der Waals surface area (Å²) >= 11 is 0. The SMILES string of the molecule is CCc1ccccc1NC(=O)Nc1ccc(Oc2cc(-n3ccnc3C)ncn2)cc1. The second-order valence-corrected chi connectivity index (χ2v) is 6.78. The van der Waals surface area contributed by atoms with Crippen LogP contribution in [0.25, 0.3) is 5.82 Å². The van der Waals surface area contributed by atoms with Gasteiger partial charge in [0.05, 0.1) is 0 Å². The number of nitrogens with one attached hydrogen (secondary N) is 2. The van der Waals surface area contributed by atoms with E-state index >= 15 is 0 Å². The molecule has 0 radical (unpaired) electrons. The van der Waals surface area contributed by atoms with E-state index in [0.717, 1.165) is 23.5 Å². The minimum atomic E-state index is -0.300. The lowest BCUT2D eigenvalue weighted by Gasteiger charge is -2.11. The third kappa shape index (κ3) is 4.87. The Bertz CT molecular complexity index is 1190. The summed E-state index contributed by atoms with van der Waals surface area (Å²) in [6.45, 7) is 3.94. The molecule has 0 aliphatic heterocycles. The average Bonchev–Trinajstić information content (AvgIpc) is 3.21. The number of imidazole rings is 1. The predicted octanol–water partition coefficient (Wildman–Crippen LogP) is 4.97. The molecule has 156 valence electrons. The van der Waals surface area contributed by atoms with Crippen molar-refractivity contribution >= 4 is 17.4 Å². The minimum absolute atomic E-state index is 0.300. The summed E-state index contributed by atoms with van der Waals surface area (Å²) in [4.78, 5) is 24.9. The molecule has 2 aromatic carbocycles. The molecular weight excluding hydrogens is 392 g/mol. The Morgan fingerprint density at radius 3 is 2.58 bits per heavy atom. The van der Waals surface area contributed by atoms with Crippen molar-refractivity contribution in [3.8, 4) is 17.4 Å². The Kier molecular flexibility index (Phi) is 5.89. The number of anilines is 2. The summed E-state index contributed by atoms with van der Waals surface area (Å²) in [5.74, 6) is 2.49. The van der Waals surface area contributed by atoms with Crippen molar-refractivity contribution in [1.82, 2.24) is 19.5 Å². The topological polar surface area (TPSA) is 94.0 Å². The summed E-state index contributed by atoms with van der Waals surface area (Å²) in [6, 6.07) is 16.2. The summed E-state index contributed by atoms with van der Waals surface area (Å²) < 4.78 is 7.67. The molecule has 2 aromatic heterocycles. The van der Waals surface area contributed by atoms with Crippen LogP contribution in [0, 0.1) is 6.92 Å². The Morgan fingerprint density at radius 2 is 1.84 bits per heavy atom. The molecule has 2 N–H and O–H groups in total. The predicted molar refractivity (Wildman–Crippen MR) is 119 cm³/mol. The van der Waals surface area contributed by atoms with Crippen molar-refractivity contribution in [3.05, 3.63) is 84.7 Å². The highest BCUT2D eigenvalue weighted by Crippen LogP contribution is 2.23. The second kappa shape index (κ2) is 9.08. The maximum Gasteiger partial charge on any atom is 0.323 e. The van der Waals surface area contributed by atoms with Crippen LogP contribution in [0.5, 0.6) is 11.6 Å². The van der Waals surface area contributed by atoms with Crippen molar-refractivity contribution in [2.75, 3.05) is 10.6 Å². The number of carbonyl (C=O) groups excluding carboxylic acids is 1. The van der Waals surface area contributed by atoms with E-state index < -0.39 is 0 Å². The molecule has 0 spiro atoms. The fourth-order valence-corrected chi connectivity index (χ4v) is 3.10. The van der Waals surface area contributed by atoms with Crippen molar-refractivity contribution in [2.24, 2.45) is 0 Å².